The minimum atomic E-state index is 0.649. The summed E-state index contributed by atoms with van der Waals surface area (Å²) in [6, 6.07) is 2.14. The van der Waals surface area contributed by atoms with Crippen molar-refractivity contribution < 1.29 is 0 Å². The van der Waals surface area contributed by atoms with E-state index >= 15 is 0 Å². The van der Waals surface area contributed by atoms with E-state index in [1.54, 1.807) is 0 Å². The molecular weight excluding hydrogens is 110 g/mol. The van der Waals surface area contributed by atoms with E-state index in [2.05, 4.69) is 31.8 Å². The Hall–Kier alpha value is -0.720. The fourth-order valence-electron chi connectivity index (χ4n) is 1.09. The summed E-state index contributed by atoms with van der Waals surface area (Å²) in [5.74, 6) is 0.649. The number of rotatable bonds is 1. The number of aryl methyl sites for hydroxylation is 1. The minimum Gasteiger partial charge on any atom is -0.365 e. The van der Waals surface area contributed by atoms with Crippen molar-refractivity contribution in [3.63, 3.8) is 0 Å². The van der Waals surface area contributed by atoms with Gasteiger partial charge in [0, 0.05) is 11.9 Å². The molecule has 1 aromatic heterocycles. The summed E-state index contributed by atoms with van der Waals surface area (Å²) in [5.41, 5.74) is 2.72. The van der Waals surface area contributed by atoms with Crippen molar-refractivity contribution in [3.05, 3.63) is 23.5 Å². The van der Waals surface area contributed by atoms with Crippen LogP contribution in [-0.4, -0.2) is 4.98 Å². The predicted octanol–water partition coefficient (Wildman–Crippen LogP) is 2.45. The van der Waals surface area contributed by atoms with Gasteiger partial charge in [-0.3, -0.25) is 0 Å². The molecule has 50 valence electrons. The Kier molecular flexibility index (Phi) is 1.60. The first-order valence-corrected chi connectivity index (χ1v) is 3.35. The van der Waals surface area contributed by atoms with E-state index in [9.17, 15) is 0 Å². The first kappa shape index (κ1) is 6.40. The van der Waals surface area contributed by atoms with E-state index in [-0.39, 0.29) is 0 Å². The van der Waals surface area contributed by atoms with E-state index in [4.69, 9.17) is 0 Å². The zero-order valence-corrected chi connectivity index (χ0v) is 6.23. The Balaban J connectivity index is 2.94. The Morgan fingerprint density at radius 1 is 1.44 bits per heavy atom. The van der Waals surface area contributed by atoms with Gasteiger partial charge >= 0.3 is 0 Å². The zero-order valence-electron chi connectivity index (χ0n) is 6.23. The van der Waals surface area contributed by atoms with E-state index in [0.29, 0.717) is 5.92 Å². The predicted molar refractivity (Wildman–Crippen MR) is 39.6 cm³/mol. The van der Waals surface area contributed by atoms with Gasteiger partial charge in [-0.05, 0) is 24.5 Å². The van der Waals surface area contributed by atoms with Gasteiger partial charge in [-0.1, -0.05) is 13.8 Å². The molecule has 1 heterocycles. The Morgan fingerprint density at radius 2 is 2.11 bits per heavy atom. The maximum atomic E-state index is 3.15. The molecule has 9 heavy (non-hydrogen) atoms. The summed E-state index contributed by atoms with van der Waals surface area (Å²) in [6.45, 7) is 6.52. The highest BCUT2D eigenvalue weighted by Crippen LogP contribution is 2.16. The van der Waals surface area contributed by atoms with E-state index in [0.717, 1.165) is 0 Å². The second-order valence-electron chi connectivity index (χ2n) is 2.71. The van der Waals surface area contributed by atoms with Gasteiger partial charge in [-0.2, -0.15) is 0 Å². The summed E-state index contributed by atoms with van der Waals surface area (Å²) >= 11 is 0. The van der Waals surface area contributed by atoms with E-state index in [1.165, 1.54) is 11.3 Å². The Morgan fingerprint density at radius 3 is 2.33 bits per heavy atom. The molecule has 1 heteroatoms. The fourth-order valence-corrected chi connectivity index (χ4v) is 1.09. The fraction of sp³-hybridized carbons (Fsp3) is 0.500. The van der Waals surface area contributed by atoms with Gasteiger partial charge in [-0.15, -0.1) is 0 Å². The van der Waals surface area contributed by atoms with Crippen molar-refractivity contribution in [1.29, 1.82) is 0 Å². The zero-order chi connectivity index (χ0) is 6.85. The second-order valence-corrected chi connectivity index (χ2v) is 2.71. The van der Waals surface area contributed by atoms with Crippen LogP contribution in [0.4, 0.5) is 0 Å². The van der Waals surface area contributed by atoms with Gasteiger partial charge in [0.2, 0.25) is 0 Å². The van der Waals surface area contributed by atoms with Crippen LogP contribution in [0.25, 0.3) is 0 Å². The number of hydrogen-bond donors (Lipinski definition) is 1. The van der Waals surface area contributed by atoms with Gasteiger partial charge in [0.1, 0.15) is 0 Å². The largest absolute Gasteiger partial charge is 0.365 e. The number of aromatic nitrogens is 1. The van der Waals surface area contributed by atoms with Gasteiger partial charge in [0.05, 0.1) is 0 Å². The first-order valence-electron chi connectivity index (χ1n) is 3.35. The summed E-state index contributed by atoms with van der Waals surface area (Å²) < 4.78 is 0. The van der Waals surface area contributed by atoms with Crippen molar-refractivity contribution in [2.24, 2.45) is 0 Å². The first-order chi connectivity index (χ1) is 4.22. The molecule has 0 aromatic carbocycles. The molecule has 1 aromatic rings. The van der Waals surface area contributed by atoms with Crippen molar-refractivity contribution in [2.45, 2.75) is 26.7 Å². The Bertz CT molecular complexity index is 186. The van der Waals surface area contributed by atoms with Crippen LogP contribution in [0.15, 0.2) is 12.3 Å². The molecule has 1 N–H and O–H groups in total. The highest BCUT2D eigenvalue weighted by atomic mass is 14.7. The van der Waals surface area contributed by atoms with Crippen LogP contribution in [0.2, 0.25) is 0 Å². The van der Waals surface area contributed by atoms with E-state index in [1.807, 2.05) is 6.20 Å². The lowest BCUT2D eigenvalue weighted by atomic mass is 10.1. The lowest BCUT2D eigenvalue weighted by Gasteiger charge is -2.01. The quantitative estimate of drug-likeness (QED) is 0.590. The molecule has 0 aliphatic carbocycles. The molecule has 0 bridgehead atoms. The third-order valence-corrected chi connectivity index (χ3v) is 1.62. The summed E-state index contributed by atoms with van der Waals surface area (Å²) in [6.07, 6.45) is 1.99. The third-order valence-electron chi connectivity index (χ3n) is 1.62. The van der Waals surface area contributed by atoms with Crippen LogP contribution in [-0.2, 0) is 0 Å². The molecule has 0 saturated carbocycles. The van der Waals surface area contributed by atoms with Crippen LogP contribution in [0.3, 0.4) is 0 Å². The number of nitrogens with one attached hydrogen (secondary N) is 1. The van der Waals surface area contributed by atoms with Crippen molar-refractivity contribution in [2.75, 3.05) is 0 Å². The smallest absolute Gasteiger partial charge is 0.0150 e. The molecular formula is C8H13N. The molecule has 0 aliphatic rings. The number of hydrogen-bond acceptors (Lipinski definition) is 0. The van der Waals surface area contributed by atoms with Crippen LogP contribution < -0.4 is 0 Å². The summed E-state index contributed by atoms with van der Waals surface area (Å²) in [4.78, 5) is 3.15. The molecule has 0 spiro atoms. The highest BCUT2D eigenvalue weighted by Gasteiger charge is 2.01. The lowest BCUT2D eigenvalue weighted by molar-refractivity contribution is 0.857. The van der Waals surface area contributed by atoms with Crippen molar-refractivity contribution in [1.82, 2.24) is 4.98 Å². The maximum absolute atomic E-state index is 3.15. The second kappa shape index (κ2) is 2.26. The average Bonchev–Trinajstić information content (AvgIpc) is 2.13. The normalized spacial score (nSPS) is 10.7. The topological polar surface area (TPSA) is 15.8 Å². The summed E-state index contributed by atoms with van der Waals surface area (Å²) in [7, 11) is 0. The monoisotopic (exact) mass is 123 g/mol. The third kappa shape index (κ3) is 1.15. The minimum absolute atomic E-state index is 0.649. The number of aromatic amines is 1. The molecule has 0 unspecified atom stereocenters. The van der Waals surface area contributed by atoms with Gasteiger partial charge in [-0.25, -0.2) is 0 Å². The molecule has 0 atom stereocenters. The van der Waals surface area contributed by atoms with Gasteiger partial charge in [0.15, 0.2) is 0 Å². The maximum Gasteiger partial charge on any atom is 0.0150 e. The van der Waals surface area contributed by atoms with Gasteiger partial charge in [0.25, 0.3) is 0 Å². The molecule has 0 saturated heterocycles. The SMILES string of the molecule is Cc1[nH]ccc1C(C)C. The summed E-state index contributed by atoms with van der Waals surface area (Å²) in [5, 5.41) is 0. The van der Waals surface area contributed by atoms with Gasteiger partial charge < -0.3 is 4.98 Å². The molecule has 0 radical (unpaired) electrons. The van der Waals surface area contributed by atoms with E-state index < -0.39 is 0 Å². The van der Waals surface area contributed by atoms with Crippen LogP contribution >= 0.6 is 0 Å². The van der Waals surface area contributed by atoms with Crippen molar-refractivity contribution in [3.8, 4) is 0 Å². The Labute approximate surface area is 56.1 Å². The molecule has 0 aliphatic heterocycles. The highest BCUT2D eigenvalue weighted by molar-refractivity contribution is 5.22. The standard InChI is InChI=1S/C8H13N/c1-6(2)8-4-5-9-7(8)3/h4-6,9H,1-3H3. The van der Waals surface area contributed by atoms with Crippen LogP contribution in [0.5, 0.6) is 0 Å². The molecule has 0 fully saturated rings. The van der Waals surface area contributed by atoms with Crippen LogP contribution in [0, 0.1) is 6.92 Å². The number of H-pyrrole nitrogens is 1. The van der Waals surface area contributed by atoms with Crippen molar-refractivity contribution >= 4 is 0 Å². The lowest BCUT2D eigenvalue weighted by Crippen LogP contribution is -1.86. The average molecular weight is 123 g/mol. The molecule has 1 nitrogen and oxygen atoms in total. The molecule has 1 rings (SSSR count). The van der Waals surface area contributed by atoms with Crippen LogP contribution in [0.1, 0.15) is 31.0 Å². The molecule has 0 amide bonds.